The molecule has 4 fully saturated rings. The molecule has 0 atom stereocenters. The Morgan fingerprint density at radius 3 is 1.72 bits per heavy atom. The zero-order valence-electron chi connectivity index (χ0n) is 16.7. The second-order valence-electron chi connectivity index (χ2n) is 9.52. The molecule has 4 aliphatic rings. The van der Waals surface area contributed by atoms with E-state index >= 15 is 0 Å². The molecule has 2 saturated carbocycles. The first-order chi connectivity index (χ1) is 14.3. The van der Waals surface area contributed by atoms with Crippen LogP contribution in [-0.4, -0.2) is 16.7 Å². The standard InChI is InChI=1S/C27H26N2/c1-3-10-26-24(8-1)25-9-2-4-11-27(25)29(26)21-7-5-6-20(17-21)28-22-13-18-12-19(15-22)16-23(28)14-18/h1-11,17-19,22-23H,12-16H2. The Labute approximate surface area is 171 Å². The number of para-hydroxylation sites is 2. The van der Waals surface area contributed by atoms with Gasteiger partial charge in [0.25, 0.3) is 0 Å². The van der Waals surface area contributed by atoms with Gasteiger partial charge in [0.1, 0.15) is 0 Å². The van der Waals surface area contributed by atoms with Crippen LogP contribution in [0.15, 0.2) is 72.8 Å². The summed E-state index contributed by atoms with van der Waals surface area (Å²) < 4.78 is 2.45. The summed E-state index contributed by atoms with van der Waals surface area (Å²) in [7, 11) is 0. The maximum atomic E-state index is 2.80. The zero-order valence-corrected chi connectivity index (χ0v) is 16.7. The van der Waals surface area contributed by atoms with Crippen molar-refractivity contribution in [3.63, 3.8) is 0 Å². The van der Waals surface area contributed by atoms with Gasteiger partial charge in [-0.05, 0) is 74.3 Å². The van der Waals surface area contributed by atoms with Crippen molar-refractivity contribution in [2.75, 3.05) is 4.90 Å². The van der Waals surface area contributed by atoms with E-state index in [9.17, 15) is 0 Å². The summed E-state index contributed by atoms with van der Waals surface area (Å²) in [5.74, 6) is 1.99. The Hall–Kier alpha value is -2.74. The van der Waals surface area contributed by atoms with Crippen LogP contribution >= 0.6 is 0 Å². The Morgan fingerprint density at radius 1 is 0.552 bits per heavy atom. The number of benzene rings is 3. The van der Waals surface area contributed by atoms with E-state index in [4.69, 9.17) is 0 Å². The molecule has 4 bridgehead atoms. The van der Waals surface area contributed by atoms with Crippen LogP contribution in [0.5, 0.6) is 0 Å². The molecule has 0 unspecified atom stereocenters. The Kier molecular flexibility index (Phi) is 3.27. The van der Waals surface area contributed by atoms with Crippen molar-refractivity contribution in [1.82, 2.24) is 4.57 Å². The van der Waals surface area contributed by atoms with E-state index in [1.165, 1.54) is 65.3 Å². The second kappa shape index (κ2) is 5.89. The minimum Gasteiger partial charge on any atom is -0.365 e. The first-order valence-corrected chi connectivity index (χ1v) is 11.2. The second-order valence-corrected chi connectivity index (χ2v) is 9.52. The summed E-state index contributed by atoms with van der Waals surface area (Å²) in [5.41, 5.74) is 5.31. The van der Waals surface area contributed by atoms with Gasteiger partial charge in [-0.2, -0.15) is 0 Å². The molecule has 2 nitrogen and oxygen atoms in total. The van der Waals surface area contributed by atoms with Crippen LogP contribution in [0.25, 0.3) is 27.5 Å². The maximum absolute atomic E-state index is 2.80. The first-order valence-electron chi connectivity index (χ1n) is 11.2. The van der Waals surface area contributed by atoms with E-state index in [0.29, 0.717) is 0 Å². The average Bonchev–Trinajstić information content (AvgIpc) is 3.08. The molecule has 2 aliphatic heterocycles. The number of nitrogens with zero attached hydrogens (tertiary/aromatic N) is 2. The Morgan fingerprint density at radius 2 is 1.10 bits per heavy atom. The van der Waals surface area contributed by atoms with Gasteiger partial charge in [0.05, 0.1) is 11.0 Å². The summed E-state index contributed by atoms with van der Waals surface area (Å²) in [6, 6.07) is 28.5. The van der Waals surface area contributed by atoms with Crippen LogP contribution in [0.1, 0.15) is 32.1 Å². The topological polar surface area (TPSA) is 8.17 Å². The minimum absolute atomic E-state index is 0.764. The van der Waals surface area contributed by atoms with E-state index in [1.807, 2.05) is 0 Å². The highest BCUT2D eigenvalue weighted by molar-refractivity contribution is 6.09. The molecule has 2 saturated heterocycles. The summed E-state index contributed by atoms with van der Waals surface area (Å²) in [6.45, 7) is 0. The highest BCUT2D eigenvalue weighted by Crippen LogP contribution is 2.50. The van der Waals surface area contributed by atoms with E-state index in [-0.39, 0.29) is 0 Å². The molecule has 2 aliphatic carbocycles. The fraction of sp³-hybridized carbons (Fsp3) is 0.333. The lowest BCUT2D eigenvalue weighted by molar-refractivity contribution is 0.0900. The molecule has 0 spiro atoms. The third kappa shape index (κ3) is 2.29. The molecule has 3 aromatic carbocycles. The third-order valence-electron chi connectivity index (χ3n) is 7.84. The van der Waals surface area contributed by atoms with E-state index in [2.05, 4.69) is 82.3 Å². The predicted octanol–water partition coefficient (Wildman–Crippen LogP) is 6.55. The maximum Gasteiger partial charge on any atom is 0.0541 e. The molecule has 0 N–H and O–H groups in total. The number of piperidine rings is 2. The number of fused-ring (bicyclic) bond motifs is 3. The molecule has 8 rings (SSSR count). The molecule has 4 aromatic rings. The predicted molar refractivity (Wildman–Crippen MR) is 121 cm³/mol. The molecule has 0 amide bonds. The van der Waals surface area contributed by atoms with E-state index in [1.54, 1.807) is 0 Å². The fourth-order valence-electron chi connectivity index (χ4n) is 6.95. The smallest absolute Gasteiger partial charge is 0.0541 e. The largest absolute Gasteiger partial charge is 0.365 e. The van der Waals surface area contributed by atoms with Crippen LogP contribution in [0.2, 0.25) is 0 Å². The molecular formula is C27H26N2. The summed E-state index contributed by atoms with van der Waals surface area (Å²) in [6.07, 6.45) is 7.14. The highest BCUT2D eigenvalue weighted by Gasteiger charge is 2.46. The fourth-order valence-corrected chi connectivity index (χ4v) is 6.95. The van der Waals surface area contributed by atoms with Crippen molar-refractivity contribution in [3.05, 3.63) is 72.8 Å². The quantitative estimate of drug-likeness (QED) is 0.384. The Bertz CT molecular complexity index is 1150. The summed E-state index contributed by atoms with van der Waals surface area (Å²) in [5, 5.41) is 2.67. The van der Waals surface area contributed by atoms with Crippen molar-refractivity contribution in [1.29, 1.82) is 0 Å². The molecule has 3 heterocycles. The van der Waals surface area contributed by atoms with Crippen LogP contribution < -0.4 is 4.90 Å². The van der Waals surface area contributed by atoms with E-state index in [0.717, 1.165) is 23.9 Å². The molecule has 1 aromatic heterocycles. The van der Waals surface area contributed by atoms with Crippen molar-refractivity contribution in [3.8, 4) is 5.69 Å². The lowest BCUT2D eigenvalue weighted by atomic mass is 9.63. The van der Waals surface area contributed by atoms with Gasteiger partial charge in [-0.15, -0.1) is 0 Å². The molecule has 0 radical (unpaired) electrons. The van der Waals surface area contributed by atoms with Gasteiger partial charge in [0.15, 0.2) is 0 Å². The van der Waals surface area contributed by atoms with Crippen LogP contribution in [0, 0.1) is 11.8 Å². The molecule has 144 valence electrons. The summed E-state index contributed by atoms with van der Waals surface area (Å²) in [4.78, 5) is 2.80. The van der Waals surface area contributed by atoms with E-state index < -0.39 is 0 Å². The number of hydrogen-bond donors (Lipinski definition) is 0. The van der Waals surface area contributed by atoms with Crippen LogP contribution in [-0.2, 0) is 0 Å². The van der Waals surface area contributed by atoms with Crippen molar-refractivity contribution in [2.24, 2.45) is 11.8 Å². The minimum atomic E-state index is 0.764. The van der Waals surface area contributed by atoms with Gasteiger partial charge in [0.2, 0.25) is 0 Å². The third-order valence-corrected chi connectivity index (χ3v) is 7.84. The number of rotatable bonds is 2. The lowest BCUT2D eigenvalue weighted by Crippen LogP contribution is -2.58. The molecular weight excluding hydrogens is 352 g/mol. The van der Waals surface area contributed by atoms with Crippen molar-refractivity contribution >= 4 is 27.5 Å². The van der Waals surface area contributed by atoms with Gasteiger partial charge >= 0.3 is 0 Å². The van der Waals surface area contributed by atoms with Gasteiger partial charge in [-0.25, -0.2) is 0 Å². The van der Waals surface area contributed by atoms with Gasteiger partial charge in [0, 0.05) is 34.2 Å². The molecule has 2 heteroatoms. The highest BCUT2D eigenvalue weighted by atomic mass is 15.2. The van der Waals surface area contributed by atoms with Gasteiger partial charge in [-0.1, -0.05) is 42.5 Å². The van der Waals surface area contributed by atoms with Crippen molar-refractivity contribution < 1.29 is 0 Å². The number of hydrogen-bond acceptors (Lipinski definition) is 1. The number of anilines is 1. The van der Waals surface area contributed by atoms with Crippen LogP contribution in [0.4, 0.5) is 5.69 Å². The SMILES string of the molecule is c1cc(N2C3CC4CC(C3)CC2C4)cc(-n2c3ccccc3c3ccccc32)c1. The number of aromatic nitrogens is 1. The van der Waals surface area contributed by atoms with Crippen LogP contribution in [0.3, 0.4) is 0 Å². The summed E-state index contributed by atoms with van der Waals surface area (Å²) >= 11 is 0. The average molecular weight is 379 g/mol. The first kappa shape index (κ1) is 16.1. The monoisotopic (exact) mass is 378 g/mol. The lowest BCUT2D eigenvalue weighted by Gasteiger charge is -2.57. The Balaban J connectivity index is 1.40. The van der Waals surface area contributed by atoms with Crippen molar-refractivity contribution in [2.45, 2.75) is 44.2 Å². The van der Waals surface area contributed by atoms with Gasteiger partial charge < -0.3 is 9.47 Å². The zero-order chi connectivity index (χ0) is 18.9. The van der Waals surface area contributed by atoms with Gasteiger partial charge in [-0.3, -0.25) is 0 Å². The normalized spacial score (nSPS) is 27.9. The molecule has 29 heavy (non-hydrogen) atoms.